The highest BCUT2D eigenvalue weighted by molar-refractivity contribution is 5.03. The van der Waals surface area contributed by atoms with Crippen molar-refractivity contribution in [2.24, 2.45) is 5.73 Å². The Morgan fingerprint density at radius 3 is 2.80 bits per heavy atom. The fraction of sp³-hybridized carbons (Fsp3) is 0.727. The molecule has 15 heavy (non-hydrogen) atoms. The monoisotopic (exact) mass is 211 g/mol. The molecule has 0 amide bonds. The van der Waals surface area contributed by atoms with Gasteiger partial charge in [0.1, 0.15) is 0 Å². The molecule has 1 aromatic rings. The maximum absolute atomic E-state index is 5.85. The van der Waals surface area contributed by atoms with E-state index in [1.165, 1.54) is 0 Å². The molecule has 1 atom stereocenters. The van der Waals surface area contributed by atoms with Crippen molar-refractivity contribution in [1.29, 1.82) is 0 Å². The number of hydrogen-bond donors (Lipinski definition) is 1. The standard InChI is InChI=1S/C11H21N3O/c1-5-15-11(3,4)7-14-8-13-6-10(14)9(2)12/h6,8-9H,5,7,12H2,1-4H3/t9-/m0/s1. The summed E-state index contributed by atoms with van der Waals surface area (Å²) in [7, 11) is 0. The molecular weight excluding hydrogens is 190 g/mol. The normalized spacial score (nSPS) is 14.2. The predicted octanol–water partition coefficient (Wildman–Crippen LogP) is 1.72. The van der Waals surface area contributed by atoms with Crippen molar-refractivity contribution in [3.05, 3.63) is 18.2 Å². The second-order valence-corrected chi connectivity index (χ2v) is 4.43. The van der Waals surface area contributed by atoms with Crippen molar-refractivity contribution in [2.45, 2.75) is 45.9 Å². The molecule has 0 fully saturated rings. The van der Waals surface area contributed by atoms with Gasteiger partial charge in [-0.2, -0.15) is 0 Å². The van der Waals surface area contributed by atoms with Crippen LogP contribution in [-0.2, 0) is 11.3 Å². The Hall–Kier alpha value is -0.870. The molecule has 0 aliphatic rings. The van der Waals surface area contributed by atoms with Gasteiger partial charge in [0, 0.05) is 18.8 Å². The fourth-order valence-corrected chi connectivity index (χ4v) is 1.69. The van der Waals surface area contributed by atoms with Crippen LogP contribution in [0.2, 0.25) is 0 Å². The van der Waals surface area contributed by atoms with Crippen LogP contribution >= 0.6 is 0 Å². The predicted molar refractivity (Wildman–Crippen MR) is 60.5 cm³/mol. The van der Waals surface area contributed by atoms with Gasteiger partial charge in [0.25, 0.3) is 0 Å². The highest BCUT2D eigenvalue weighted by atomic mass is 16.5. The first-order chi connectivity index (χ1) is 6.96. The zero-order valence-corrected chi connectivity index (χ0v) is 10.0. The van der Waals surface area contributed by atoms with Crippen LogP contribution in [0.25, 0.3) is 0 Å². The molecule has 0 aliphatic heterocycles. The minimum absolute atomic E-state index is 0.00456. The average molecular weight is 211 g/mol. The van der Waals surface area contributed by atoms with Crippen LogP contribution in [0.3, 0.4) is 0 Å². The van der Waals surface area contributed by atoms with Crippen LogP contribution in [0.15, 0.2) is 12.5 Å². The molecule has 2 N–H and O–H groups in total. The molecule has 4 heteroatoms. The average Bonchev–Trinajstić information content (AvgIpc) is 2.50. The lowest BCUT2D eigenvalue weighted by Crippen LogP contribution is -2.31. The summed E-state index contributed by atoms with van der Waals surface area (Å²) < 4.78 is 7.70. The van der Waals surface area contributed by atoms with Gasteiger partial charge in [0.2, 0.25) is 0 Å². The Bertz CT molecular complexity index is 305. The van der Waals surface area contributed by atoms with E-state index < -0.39 is 0 Å². The lowest BCUT2D eigenvalue weighted by Gasteiger charge is -2.26. The molecule has 0 saturated heterocycles. The third-order valence-corrected chi connectivity index (χ3v) is 2.30. The van der Waals surface area contributed by atoms with Crippen LogP contribution in [0.1, 0.15) is 39.4 Å². The number of rotatable bonds is 5. The van der Waals surface area contributed by atoms with Gasteiger partial charge in [-0.1, -0.05) is 0 Å². The molecule has 86 valence electrons. The fourth-order valence-electron chi connectivity index (χ4n) is 1.69. The van der Waals surface area contributed by atoms with Gasteiger partial charge in [-0.3, -0.25) is 0 Å². The zero-order chi connectivity index (χ0) is 11.5. The Balaban J connectivity index is 2.75. The molecular formula is C11H21N3O. The number of nitrogens with zero attached hydrogens (tertiary/aromatic N) is 2. The number of nitrogens with two attached hydrogens (primary N) is 1. The minimum Gasteiger partial charge on any atom is -0.374 e. The molecule has 0 aromatic carbocycles. The van der Waals surface area contributed by atoms with Crippen LogP contribution in [0.5, 0.6) is 0 Å². The molecule has 1 rings (SSSR count). The van der Waals surface area contributed by atoms with Crippen LogP contribution in [0.4, 0.5) is 0 Å². The van der Waals surface area contributed by atoms with E-state index in [0.29, 0.717) is 0 Å². The van der Waals surface area contributed by atoms with Crippen molar-refractivity contribution in [3.63, 3.8) is 0 Å². The largest absolute Gasteiger partial charge is 0.374 e. The van der Waals surface area contributed by atoms with Gasteiger partial charge >= 0.3 is 0 Å². The van der Waals surface area contributed by atoms with E-state index in [-0.39, 0.29) is 11.6 Å². The van der Waals surface area contributed by atoms with E-state index in [9.17, 15) is 0 Å². The molecule has 0 bridgehead atoms. The quantitative estimate of drug-likeness (QED) is 0.806. The number of hydrogen-bond acceptors (Lipinski definition) is 3. The van der Waals surface area contributed by atoms with Gasteiger partial charge < -0.3 is 15.0 Å². The second-order valence-electron chi connectivity index (χ2n) is 4.43. The Morgan fingerprint density at radius 1 is 1.60 bits per heavy atom. The van der Waals surface area contributed by atoms with E-state index in [4.69, 9.17) is 10.5 Å². The topological polar surface area (TPSA) is 53.1 Å². The third-order valence-electron chi connectivity index (χ3n) is 2.30. The number of ether oxygens (including phenoxy) is 1. The SMILES string of the molecule is CCOC(C)(C)Cn1cncc1[C@H](C)N. The third kappa shape index (κ3) is 3.32. The summed E-state index contributed by atoms with van der Waals surface area (Å²) in [5, 5.41) is 0. The van der Waals surface area contributed by atoms with Gasteiger partial charge in [-0.05, 0) is 27.7 Å². The van der Waals surface area contributed by atoms with Gasteiger partial charge in [-0.25, -0.2) is 4.98 Å². The zero-order valence-electron chi connectivity index (χ0n) is 10.0. The maximum atomic E-state index is 5.85. The molecule has 0 aliphatic carbocycles. The summed E-state index contributed by atoms with van der Waals surface area (Å²) in [5.41, 5.74) is 6.71. The summed E-state index contributed by atoms with van der Waals surface area (Å²) in [6, 6.07) is 0.00456. The van der Waals surface area contributed by atoms with Crippen LogP contribution in [-0.4, -0.2) is 21.8 Å². The van der Waals surface area contributed by atoms with Crippen molar-refractivity contribution < 1.29 is 4.74 Å². The Morgan fingerprint density at radius 2 is 2.27 bits per heavy atom. The van der Waals surface area contributed by atoms with E-state index in [1.54, 1.807) is 6.33 Å². The molecule has 0 unspecified atom stereocenters. The maximum Gasteiger partial charge on any atom is 0.0949 e. The first kappa shape index (κ1) is 12.2. The van der Waals surface area contributed by atoms with Crippen molar-refractivity contribution in [1.82, 2.24) is 9.55 Å². The second kappa shape index (κ2) is 4.77. The first-order valence-corrected chi connectivity index (χ1v) is 5.36. The van der Waals surface area contributed by atoms with Crippen LogP contribution < -0.4 is 5.73 Å². The van der Waals surface area contributed by atoms with Crippen molar-refractivity contribution >= 4 is 0 Å². The summed E-state index contributed by atoms with van der Waals surface area (Å²) in [4.78, 5) is 4.12. The lowest BCUT2D eigenvalue weighted by atomic mass is 10.1. The molecule has 4 nitrogen and oxygen atoms in total. The van der Waals surface area contributed by atoms with Crippen molar-refractivity contribution in [3.8, 4) is 0 Å². The number of aromatic nitrogens is 2. The molecule has 0 saturated carbocycles. The number of imidazole rings is 1. The Labute approximate surface area is 91.4 Å². The van der Waals surface area contributed by atoms with Gasteiger partial charge in [0.05, 0.1) is 24.2 Å². The summed E-state index contributed by atoms with van der Waals surface area (Å²) in [6.07, 6.45) is 3.62. The molecule has 1 heterocycles. The van der Waals surface area contributed by atoms with Crippen molar-refractivity contribution in [2.75, 3.05) is 6.61 Å². The van der Waals surface area contributed by atoms with E-state index >= 15 is 0 Å². The lowest BCUT2D eigenvalue weighted by molar-refractivity contribution is -0.0229. The Kier molecular flexibility index (Phi) is 3.88. The van der Waals surface area contributed by atoms with E-state index in [1.807, 2.05) is 20.0 Å². The smallest absolute Gasteiger partial charge is 0.0949 e. The van der Waals surface area contributed by atoms with Crippen LogP contribution in [0, 0.1) is 0 Å². The highest BCUT2D eigenvalue weighted by Crippen LogP contribution is 2.16. The summed E-state index contributed by atoms with van der Waals surface area (Å²) >= 11 is 0. The minimum atomic E-state index is -0.181. The first-order valence-electron chi connectivity index (χ1n) is 5.36. The van der Waals surface area contributed by atoms with E-state index in [2.05, 4.69) is 23.4 Å². The van der Waals surface area contributed by atoms with E-state index in [0.717, 1.165) is 18.8 Å². The van der Waals surface area contributed by atoms with Gasteiger partial charge in [-0.15, -0.1) is 0 Å². The summed E-state index contributed by atoms with van der Waals surface area (Å²) in [5.74, 6) is 0. The molecule has 1 aromatic heterocycles. The molecule has 0 radical (unpaired) electrons. The summed E-state index contributed by atoms with van der Waals surface area (Å²) in [6.45, 7) is 9.60. The molecule has 0 spiro atoms. The van der Waals surface area contributed by atoms with Gasteiger partial charge in [0.15, 0.2) is 0 Å². The highest BCUT2D eigenvalue weighted by Gasteiger charge is 2.20.